The van der Waals surface area contributed by atoms with Gasteiger partial charge in [0.15, 0.2) is 0 Å². The van der Waals surface area contributed by atoms with Gasteiger partial charge < -0.3 is 5.11 Å². The van der Waals surface area contributed by atoms with Crippen LogP contribution in [0.25, 0.3) is 0 Å². The maximum Gasteiger partial charge on any atom is 0.0431 e. The van der Waals surface area contributed by atoms with E-state index in [4.69, 9.17) is 16.7 Å². The molecule has 0 aromatic heterocycles. The van der Waals surface area contributed by atoms with Crippen molar-refractivity contribution in [3.8, 4) is 0 Å². The lowest BCUT2D eigenvalue weighted by Gasteiger charge is -2.02. The highest BCUT2D eigenvalue weighted by molar-refractivity contribution is 6.20. The number of halogens is 1. The molecule has 0 radical (unpaired) electrons. The van der Waals surface area contributed by atoms with Gasteiger partial charge in [-0.2, -0.15) is 0 Å². The molecule has 1 nitrogen and oxygen atoms in total. The van der Waals surface area contributed by atoms with Gasteiger partial charge in [0.05, 0.1) is 0 Å². The van der Waals surface area contributed by atoms with Crippen molar-refractivity contribution >= 4 is 11.6 Å². The molecule has 0 aromatic carbocycles. The van der Waals surface area contributed by atoms with Gasteiger partial charge in [0.2, 0.25) is 0 Å². The average molecular weight is 193 g/mol. The molecule has 12 heavy (non-hydrogen) atoms. The van der Waals surface area contributed by atoms with E-state index in [9.17, 15) is 0 Å². The molecule has 1 atom stereocenters. The first-order valence-corrected chi connectivity index (χ1v) is 5.46. The molecule has 0 saturated heterocycles. The molecule has 0 unspecified atom stereocenters. The summed E-state index contributed by atoms with van der Waals surface area (Å²) in [6.45, 7) is 2.39. The Balaban J connectivity index is 2.82. The van der Waals surface area contributed by atoms with E-state index in [0.29, 0.717) is 12.0 Å². The maximum absolute atomic E-state index is 8.52. The highest BCUT2D eigenvalue weighted by Gasteiger charge is 1.95. The molecule has 0 spiro atoms. The Kier molecular flexibility index (Phi) is 9.53. The molecule has 0 saturated carbocycles. The van der Waals surface area contributed by atoms with Gasteiger partial charge in [-0.3, -0.25) is 0 Å². The third-order valence-electron chi connectivity index (χ3n) is 2.01. The minimum Gasteiger partial charge on any atom is -0.396 e. The summed E-state index contributed by atoms with van der Waals surface area (Å²) in [5, 5.41) is 8.86. The molecule has 0 aliphatic heterocycles. The lowest BCUT2D eigenvalue weighted by molar-refractivity contribution is 0.282. The third-order valence-corrected chi connectivity index (χ3v) is 2.23. The van der Waals surface area contributed by atoms with Crippen molar-refractivity contribution in [1.29, 1.82) is 0 Å². The fourth-order valence-corrected chi connectivity index (χ4v) is 1.40. The van der Waals surface area contributed by atoms with Crippen molar-refractivity contribution < 1.29 is 5.11 Å². The van der Waals surface area contributed by atoms with E-state index in [0.717, 1.165) is 12.8 Å². The Morgan fingerprint density at radius 2 is 1.50 bits per heavy atom. The van der Waals surface area contributed by atoms with Crippen LogP contribution in [-0.2, 0) is 0 Å². The number of hydrogen-bond acceptors (Lipinski definition) is 1. The summed E-state index contributed by atoms with van der Waals surface area (Å²) in [5.74, 6) is 0. The van der Waals surface area contributed by atoms with Gasteiger partial charge >= 0.3 is 0 Å². The van der Waals surface area contributed by atoms with Crippen LogP contribution in [0.2, 0.25) is 0 Å². The minimum absolute atomic E-state index is 0.336. The van der Waals surface area contributed by atoms with E-state index in [-0.39, 0.29) is 0 Å². The van der Waals surface area contributed by atoms with Crippen molar-refractivity contribution in [2.24, 2.45) is 0 Å². The Labute approximate surface area is 81.1 Å². The number of aliphatic hydroxyl groups is 1. The average Bonchev–Trinajstić information content (AvgIpc) is 2.02. The van der Waals surface area contributed by atoms with Crippen LogP contribution in [0.1, 0.15) is 51.9 Å². The zero-order valence-corrected chi connectivity index (χ0v) is 8.82. The van der Waals surface area contributed by atoms with Crippen LogP contribution in [0.3, 0.4) is 0 Å². The van der Waals surface area contributed by atoms with Crippen LogP contribution >= 0.6 is 11.6 Å². The van der Waals surface area contributed by atoms with Gasteiger partial charge in [0.1, 0.15) is 0 Å². The van der Waals surface area contributed by atoms with Crippen molar-refractivity contribution in [2.45, 2.75) is 57.2 Å². The molecule has 74 valence electrons. The lowest BCUT2D eigenvalue weighted by Crippen LogP contribution is -1.90. The van der Waals surface area contributed by atoms with Gasteiger partial charge in [-0.1, -0.05) is 32.1 Å². The van der Waals surface area contributed by atoms with E-state index in [1.165, 1.54) is 32.1 Å². The number of alkyl halides is 1. The highest BCUT2D eigenvalue weighted by atomic mass is 35.5. The van der Waals surface area contributed by atoms with E-state index in [1.54, 1.807) is 0 Å². The van der Waals surface area contributed by atoms with Crippen molar-refractivity contribution in [3.63, 3.8) is 0 Å². The molecule has 0 bridgehead atoms. The molecular formula is C10H21ClO. The SMILES string of the molecule is C[C@H](Cl)CCCCCCCCO. The summed E-state index contributed by atoms with van der Waals surface area (Å²) in [6, 6.07) is 0. The van der Waals surface area contributed by atoms with Crippen LogP contribution in [0.15, 0.2) is 0 Å². The summed E-state index contributed by atoms with van der Waals surface area (Å²) in [4.78, 5) is 0. The molecule has 0 amide bonds. The van der Waals surface area contributed by atoms with Gasteiger partial charge in [0.25, 0.3) is 0 Å². The van der Waals surface area contributed by atoms with Crippen LogP contribution in [-0.4, -0.2) is 17.1 Å². The fraction of sp³-hybridized carbons (Fsp3) is 1.00. The quantitative estimate of drug-likeness (QED) is 0.462. The lowest BCUT2D eigenvalue weighted by atomic mass is 10.1. The van der Waals surface area contributed by atoms with Gasteiger partial charge in [-0.25, -0.2) is 0 Å². The molecule has 0 aromatic rings. The molecule has 1 N–H and O–H groups in total. The van der Waals surface area contributed by atoms with Crippen LogP contribution in [0.5, 0.6) is 0 Å². The molecular weight excluding hydrogens is 172 g/mol. The Bertz CT molecular complexity index is 83.9. The summed E-state index contributed by atoms with van der Waals surface area (Å²) >= 11 is 5.81. The van der Waals surface area contributed by atoms with E-state index in [2.05, 4.69) is 0 Å². The van der Waals surface area contributed by atoms with Crippen molar-refractivity contribution in [3.05, 3.63) is 0 Å². The largest absolute Gasteiger partial charge is 0.396 e. The fourth-order valence-electron chi connectivity index (χ4n) is 1.24. The van der Waals surface area contributed by atoms with Crippen molar-refractivity contribution in [1.82, 2.24) is 0 Å². The zero-order chi connectivity index (χ0) is 9.23. The topological polar surface area (TPSA) is 20.2 Å². The number of hydrogen-bond donors (Lipinski definition) is 1. The second-order valence-corrected chi connectivity index (χ2v) is 4.16. The number of aliphatic hydroxyl groups excluding tert-OH is 1. The third kappa shape index (κ3) is 10.2. The van der Waals surface area contributed by atoms with Gasteiger partial charge in [-0.15, -0.1) is 11.6 Å². The van der Waals surface area contributed by atoms with E-state index in [1.807, 2.05) is 6.92 Å². The number of unbranched alkanes of at least 4 members (excludes halogenated alkanes) is 5. The summed E-state index contributed by atoms with van der Waals surface area (Å²) in [7, 11) is 0. The molecule has 0 heterocycles. The van der Waals surface area contributed by atoms with Gasteiger partial charge in [-0.05, 0) is 19.8 Å². The Morgan fingerprint density at radius 3 is 2.00 bits per heavy atom. The standard InChI is InChI=1S/C10H21ClO/c1-10(11)8-6-4-2-3-5-7-9-12/h10,12H,2-9H2,1H3/t10-/m0/s1. The molecule has 0 fully saturated rings. The van der Waals surface area contributed by atoms with Gasteiger partial charge in [0, 0.05) is 12.0 Å². The van der Waals surface area contributed by atoms with Crippen LogP contribution in [0.4, 0.5) is 0 Å². The molecule has 2 heteroatoms. The number of rotatable bonds is 8. The summed E-state index contributed by atoms with van der Waals surface area (Å²) in [5.41, 5.74) is 0. The molecule has 0 aliphatic rings. The maximum atomic E-state index is 8.52. The second kappa shape index (κ2) is 9.34. The highest BCUT2D eigenvalue weighted by Crippen LogP contribution is 2.10. The second-order valence-electron chi connectivity index (χ2n) is 3.41. The minimum atomic E-state index is 0.336. The Hall–Kier alpha value is 0.250. The van der Waals surface area contributed by atoms with E-state index >= 15 is 0 Å². The Morgan fingerprint density at radius 1 is 1.00 bits per heavy atom. The first-order valence-electron chi connectivity index (χ1n) is 5.02. The van der Waals surface area contributed by atoms with Crippen LogP contribution in [0, 0.1) is 0 Å². The van der Waals surface area contributed by atoms with Crippen LogP contribution < -0.4 is 0 Å². The van der Waals surface area contributed by atoms with E-state index < -0.39 is 0 Å². The zero-order valence-electron chi connectivity index (χ0n) is 8.06. The smallest absolute Gasteiger partial charge is 0.0431 e. The first-order chi connectivity index (χ1) is 5.77. The predicted octanol–water partition coefficient (Wildman–Crippen LogP) is 3.34. The normalized spacial score (nSPS) is 13.2. The summed E-state index contributed by atoms with van der Waals surface area (Å²) < 4.78 is 0. The molecule has 0 aliphatic carbocycles. The first kappa shape index (κ1) is 12.2. The monoisotopic (exact) mass is 192 g/mol. The van der Waals surface area contributed by atoms with Crippen molar-refractivity contribution in [2.75, 3.05) is 6.61 Å². The predicted molar refractivity (Wildman–Crippen MR) is 54.7 cm³/mol. The summed E-state index contributed by atoms with van der Waals surface area (Å²) in [6.07, 6.45) is 8.38. The molecule has 0 rings (SSSR count).